The number of rotatable bonds is 4. The maximum absolute atomic E-state index is 10.6. The Bertz CT molecular complexity index is 718. The number of pyridine rings is 1. The van der Waals surface area contributed by atoms with E-state index in [2.05, 4.69) is 30.1 Å². The van der Waals surface area contributed by atoms with Crippen molar-refractivity contribution in [1.82, 2.24) is 4.98 Å². The Morgan fingerprint density at radius 1 is 0.952 bits per heavy atom. The molecule has 0 saturated carbocycles. The maximum atomic E-state index is 10.6. The largest absolute Gasteiger partial charge is 0.392 e. The molecule has 21 heavy (non-hydrogen) atoms. The molecule has 0 aliphatic rings. The Balaban J connectivity index is 1.85. The van der Waals surface area contributed by atoms with Crippen molar-refractivity contribution >= 4 is 10.9 Å². The van der Waals surface area contributed by atoms with Gasteiger partial charge in [0.25, 0.3) is 0 Å². The van der Waals surface area contributed by atoms with E-state index >= 15 is 0 Å². The predicted molar refractivity (Wildman–Crippen MR) is 86.3 cm³/mol. The highest BCUT2D eigenvalue weighted by molar-refractivity contribution is 5.81. The van der Waals surface area contributed by atoms with Crippen LogP contribution < -0.4 is 0 Å². The van der Waals surface area contributed by atoms with Gasteiger partial charge in [-0.2, -0.15) is 0 Å². The van der Waals surface area contributed by atoms with Crippen molar-refractivity contribution < 1.29 is 5.11 Å². The topological polar surface area (TPSA) is 33.1 Å². The lowest BCUT2D eigenvalue weighted by Gasteiger charge is -2.20. The third-order valence-electron chi connectivity index (χ3n) is 4.07. The highest BCUT2D eigenvalue weighted by Gasteiger charge is 2.17. The number of benzene rings is 2. The van der Waals surface area contributed by atoms with Crippen LogP contribution in [-0.2, 0) is 6.42 Å². The fraction of sp³-hybridized carbons (Fsp3) is 0.211. The van der Waals surface area contributed by atoms with Crippen LogP contribution in [0.5, 0.6) is 0 Å². The van der Waals surface area contributed by atoms with Crippen molar-refractivity contribution in [3.05, 3.63) is 78.0 Å². The van der Waals surface area contributed by atoms with Gasteiger partial charge >= 0.3 is 0 Å². The van der Waals surface area contributed by atoms with Gasteiger partial charge in [-0.25, -0.2) is 0 Å². The number of aliphatic hydroxyl groups is 1. The van der Waals surface area contributed by atoms with Gasteiger partial charge in [0.2, 0.25) is 0 Å². The van der Waals surface area contributed by atoms with E-state index in [9.17, 15) is 5.11 Å². The summed E-state index contributed by atoms with van der Waals surface area (Å²) >= 11 is 0. The van der Waals surface area contributed by atoms with Crippen LogP contribution in [0.1, 0.15) is 24.0 Å². The molecule has 3 aromatic rings. The molecule has 1 heterocycles. The van der Waals surface area contributed by atoms with Gasteiger partial charge < -0.3 is 5.11 Å². The van der Waals surface area contributed by atoms with Crippen molar-refractivity contribution in [3.63, 3.8) is 0 Å². The number of aromatic nitrogens is 1. The summed E-state index contributed by atoms with van der Waals surface area (Å²) in [6.07, 6.45) is 2.05. The molecule has 2 heteroatoms. The van der Waals surface area contributed by atoms with Crippen molar-refractivity contribution in [2.75, 3.05) is 0 Å². The Kier molecular flexibility index (Phi) is 3.98. The minimum absolute atomic E-state index is 0.109. The molecule has 3 rings (SSSR count). The normalized spacial score (nSPS) is 14.0. The monoisotopic (exact) mass is 277 g/mol. The quantitative estimate of drug-likeness (QED) is 0.783. The van der Waals surface area contributed by atoms with Crippen LogP contribution in [-0.4, -0.2) is 16.2 Å². The average molecular weight is 277 g/mol. The summed E-state index contributed by atoms with van der Waals surface area (Å²) in [5.41, 5.74) is 3.30. The molecule has 0 bridgehead atoms. The zero-order valence-corrected chi connectivity index (χ0v) is 12.1. The first-order chi connectivity index (χ1) is 10.3. The van der Waals surface area contributed by atoms with Crippen LogP contribution in [0.15, 0.2) is 66.9 Å². The minimum Gasteiger partial charge on any atom is -0.392 e. The number of nitrogens with zero attached hydrogens (tertiary/aromatic N) is 1. The Hall–Kier alpha value is -2.19. The molecule has 0 radical (unpaired) electrons. The molecule has 2 nitrogen and oxygen atoms in total. The van der Waals surface area contributed by atoms with E-state index in [0.29, 0.717) is 6.42 Å². The molecular weight excluding hydrogens is 258 g/mol. The molecule has 0 spiro atoms. The molecule has 1 N–H and O–H groups in total. The molecule has 1 aromatic heterocycles. The van der Waals surface area contributed by atoms with Gasteiger partial charge in [-0.15, -0.1) is 0 Å². The number of fused-ring (bicyclic) bond motifs is 1. The zero-order valence-electron chi connectivity index (χ0n) is 12.1. The van der Waals surface area contributed by atoms with E-state index in [-0.39, 0.29) is 5.92 Å². The van der Waals surface area contributed by atoms with Crippen LogP contribution in [0.3, 0.4) is 0 Å². The maximum Gasteiger partial charge on any atom is 0.0704 e. The smallest absolute Gasteiger partial charge is 0.0704 e. The van der Waals surface area contributed by atoms with E-state index in [1.165, 1.54) is 5.56 Å². The predicted octanol–water partition coefficient (Wildman–Crippen LogP) is 3.94. The first-order valence-electron chi connectivity index (χ1n) is 7.31. The fourth-order valence-electron chi connectivity index (χ4n) is 2.71. The summed E-state index contributed by atoms with van der Waals surface area (Å²) in [4.78, 5) is 4.37. The van der Waals surface area contributed by atoms with E-state index in [4.69, 9.17) is 0 Å². The lowest BCUT2D eigenvalue weighted by atomic mass is 9.90. The zero-order chi connectivity index (χ0) is 14.7. The molecular formula is C19H19NO. The molecule has 2 atom stereocenters. The number of hydrogen-bond acceptors (Lipinski definition) is 2. The van der Waals surface area contributed by atoms with Crippen LogP contribution in [0.25, 0.3) is 10.9 Å². The van der Waals surface area contributed by atoms with Gasteiger partial charge in [-0.1, -0.05) is 55.5 Å². The first-order valence-corrected chi connectivity index (χ1v) is 7.31. The Morgan fingerprint density at radius 2 is 1.67 bits per heavy atom. The van der Waals surface area contributed by atoms with Crippen molar-refractivity contribution in [3.8, 4) is 0 Å². The van der Waals surface area contributed by atoms with Gasteiger partial charge in [-0.05, 0) is 29.7 Å². The fourth-order valence-corrected chi connectivity index (χ4v) is 2.71. The molecule has 0 saturated heterocycles. The van der Waals surface area contributed by atoms with Crippen LogP contribution in [0.4, 0.5) is 0 Å². The minimum atomic E-state index is -0.404. The van der Waals surface area contributed by atoms with Gasteiger partial charge in [0.15, 0.2) is 0 Å². The van der Waals surface area contributed by atoms with Crippen molar-refractivity contribution in [2.24, 2.45) is 0 Å². The Morgan fingerprint density at radius 3 is 2.48 bits per heavy atom. The van der Waals surface area contributed by atoms with Crippen molar-refractivity contribution in [1.29, 1.82) is 0 Å². The summed E-state index contributed by atoms with van der Waals surface area (Å²) in [5, 5.41) is 11.7. The highest BCUT2D eigenvalue weighted by Crippen LogP contribution is 2.24. The second-order valence-corrected chi connectivity index (χ2v) is 5.46. The molecule has 0 fully saturated rings. The van der Waals surface area contributed by atoms with Crippen LogP contribution in [0, 0.1) is 0 Å². The number of hydrogen-bond donors (Lipinski definition) is 1. The molecule has 0 aliphatic heterocycles. The summed E-state index contributed by atoms with van der Waals surface area (Å²) in [6.45, 7) is 2.07. The second kappa shape index (κ2) is 6.06. The number of aliphatic hydroxyl groups excluding tert-OH is 1. The average Bonchev–Trinajstić information content (AvgIpc) is 2.55. The summed E-state index contributed by atoms with van der Waals surface area (Å²) < 4.78 is 0. The van der Waals surface area contributed by atoms with Gasteiger partial charge in [0.05, 0.1) is 11.6 Å². The summed E-state index contributed by atoms with van der Waals surface area (Å²) in [5.74, 6) is 0.109. The van der Waals surface area contributed by atoms with Gasteiger partial charge in [0, 0.05) is 17.5 Å². The van der Waals surface area contributed by atoms with E-state index < -0.39 is 6.10 Å². The first kappa shape index (κ1) is 13.8. The van der Waals surface area contributed by atoms with Crippen LogP contribution >= 0.6 is 0 Å². The van der Waals surface area contributed by atoms with E-state index in [0.717, 1.165) is 16.5 Å². The summed E-state index contributed by atoms with van der Waals surface area (Å²) in [7, 11) is 0. The van der Waals surface area contributed by atoms with Crippen molar-refractivity contribution in [2.45, 2.75) is 25.4 Å². The van der Waals surface area contributed by atoms with Gasteiger partial charge in [0.1, 0.15) is 0 Å². The van der Waals surface area contributed by atoms with E-state index in [1.807, 2.05) is 48.7 Å². The standard InChI is InChI=1S/C19H19NO/c1-14(15-7-3-2-4-8-15)19(21)13-16-11-12-20-18-10-6-5-9-17(16)18/h2-12,14,19,21H,13H2,1H3. The number of para-hydroxylation sites is 1. The molecule has 2 aromatic carbocycles. The van der Waals surface area contributed by atoms with E-state index in [1.54, 1.807) is 0 Å². The highest BCUT2D eigenvalue weighted by atomic mass is 16.3. The Labute approximate surface area is 125 Å². The lowest BCUT2D eigenvalue weighted by molar-refractivity contribution is 0.150. The molecule has 2 unspecified atom stereocenters. The summed E-state index contributed by atoms with van der Waals surface area (Å²) in [6, 6.07) is 20.2. The molecule has 106 valence electrons. The second-order valence-electron chi connectivity index (χ2n) is 5.46. The lowest BCUT2D eigenvalue weighted by Crippen LogP contribution is -2.19. The van der Waals surface area contributed by atoms with Gasteiger partial charge in [-0.3, -0.25) is 4.98 Å². The van der Waals surface area contributed by atoms with Crippen LogP contribution in [0.2, 0.25) is 0 Å². The molecule has 0 amide bonds. The molecule has 0 aliphatic carbocycles. The third-order valence-corrected chi connectivity index (χ3v) is 4.07. The third kappa shape index (κ3) is 2.96. The SMILES string of the molecule is CC(c1ccccc1)C(O)Cc1ccnc2ccccc12.